The van der Waals surface area contributed by atoms with Gasteiger partial charge in [-0.3, -0.25) is 4.79 Å². The molecule has 0 aromatic rings. The van der Waals surface area contributed by atoms with Gasteiger partial charge in [-0.2, -0.15) is 11.8 Å². The third-order valence-corrected chi connectivity index (χ3v) is 3.69. The van der Waals surface area contributed by atoms with Gasteiger partial charge < -0.3 is 10.1 Å². The second kappa shape index (κ2) is 6.30. The fraction of sp³-hybridized carbons (Fsp3) is 0.900. The molecule has 1 aliphatic heterocycles. The summed E-state index contributed by atoms with van der Waals surface area (Å²) in [7, 11) is 1.44. The van der Waals surface area contributed by atoms with Crippen LogP contribution >= 0.6 is 11.8 Å². The van der Waals surface area contributed by atoms with Crippen molar-refractivity contribution in [3.8, 4) is 0 Å². The largest absolute Gasteiger partial charge is 0.469 e. The van der Waals surface area contributed by atoms with Crippen molar-refractivity contribution in [3.05, 3.63) is 0 Å². The molecule has 2 atom stereocenters. The Morgan fingerprint density at radius 2 is 2.50 bits per heavy atom. The Labute approximate surface area is 90.0 Å². The number of nitrogens with one attached hydrogen (secondary N) is 1. The van der Waals surface area contributed by atoms with E-state index in [1.165, 1.54) is 31.5 Å². The van der Waals surface area contributed by atoms with Gasteiger partial charge >= 0.3 is 5.97 Å². The van der Waals surface area contributed by atoms with Crippen LogP contribution in [0.5, 0.6) is 0 Å². The molecule has 14 heavy (non-hydrogen) atoms. The van der Waals surface area contributed by atoms with E-state index >= 15 is 0 Å². The summed E-state index contributed by atoms with van der Waals surface area (Å²) >= 11 is 1.99. The minimum Gasteiger partial charge on any atom is -0.469 e. The summed E-state index contributed by atoms with van der Waals surface area (Å²) < 4.78 is 4.67. The lowest BCUT2D eigenvalue weighted by atomic mass is 10.1. The first-order valence-electron chi connectivity index (χ1n) is 5.13. The Bertz CT molecular complexity index is 181. The summed E-state index contributed by atoms with van der Waals surface area (Å²) in [5, 5.41) is 3.41. The van der Waals surface area contributed by atoms with E-state index in [0.29, 0.717) is 6.04 Å². The first-order valence-corrected chi connectivity index (χ1v) is 6.28. The van der Waals surface area contributed by atoms with Gasteiger partial charge in [-0.1, -0.05) is 6.92 Å². The highest BCUT2D eigenvalue weighted by molar-refractivity contribution is 7.99. The van der Waals surface area contributed by atoms with E-state index in [1.54, 1.807) is 0 Å². The van der Waals surface area contributed by atoms with E-state index in [2.05, 4.69) is 10.1 Å². The monoisotopic (exact) mass is 217 g/mol. The lowest BCUT2D eigenvalue weighted by Crippen LogP contribution is -2.38. The number of carbonyl (C=O) groups is 1. The van der Waals surface area contributed by atoms with Gasteiger partial charge in [0.1, 0.15) is 0 Å². The average molecular weight is 217 g/mol. The number of hydrogen-bond acceptors (Lipinski definition) is 4. The topological polar surface area (TPSA) is 38.3 Å². The van der Waals surface area contributed by atoms with Crippen molar-refractivity contribution in [2.75, 3.05) is 25.2 Å². The number of methoxy groups -OCH3 is 1. The van der Waals surface area contributed by atoms with Gasteiger partial charge in [0.2, 0.25) is 0 Å². The van der Waals surface area contributed by atoms with Gasteiger partial charge in [-0.15, -0.1) is 0 Å². The average Bonchev–Trinajstić information content (AvgIpc) is 2.26. The summed E-state index contributed by atoms with van der Waals surface area (Å²) in [6, 6.07) is 0.584. The van der Waals surface area contributed by atoms with Crippen LogP contribution in [0.2, 0.25) is 0 Å². The second-order valence-electron chi connectivity index (χ2n) is 3.75. The molecule has 0 amide bonds. The van der Waals surface area contributed by atoms with E-state index in [9.17, 15) is 4.79 Å². The third kappa shape index (κ3) is 3.88. The molecule has 1 N–H and O–H groups in total. The Balaban J connectivity index is 2.15. The maximum Gasteiger partial charge on any atom is 0.309 e. The number of rotatable bonds is 4. The SMILES string of the molecule is COC(=O)C(C)CNC1CCCSC1. The molecule has 0 aromatic heterocycles. The Hall–Kier alpha value is -0.220. The van der Waals surface area contributed by atoms with Crippen molar-refractivity contribution in [2.24, 2.45) is 5.92 Å². The molecular weight excluding hydrogens is 198 g/mol. The predicted molar refractivity (Wildman–Crippen MR) is 59.5 cm³/mol. The number of esters is 1. The molecule has 0 spiro atoms. The van der Waals surface area contributed by atoms with E-state index in [0.717, 1.165) is 6.54 Å². The van der Waals surface area contributed by atoms with Gasteiger partial charge in [0.05, 0.1) is 13.0 Å². The van der Waals surface area contributed by atoms with Crippen LogP contribution in [0, 0.1) is 5.92 Å². The minimum absolute atomic E-state index is 0.0353. The summed E-state index contributed by atoms with van der Waals surface area (Å²) in [4.78, 5) is 11.1. The number of carbonyl (C=O) groups excluding carboxylic acids is 1. The summed E-state index contributed by atoms with van der Waals surface area (Å²) in [5.74, 6) is 2.30. The fourth-order valence-electron chi connectivity index (χ4n) is 1.53. The summed E-state index contributed by atoms with van der Waals surface area (Å²) in [6.07, 6.45) is 2.52. The number of thioether (sulfide) groups is 1. The van der Waals surface area contributed by atoms with Crippen LogP contribution < -0.4 is 5.32 Å². The molecule has 82 valence electrons. The zero-order valence-corrected chi connectivity index (χ0v) is 9.73. The lowest BCUT2D eigenvalue weighted by Gasteiger charge is -2.23. The lowest BCUT2D eigenvalue weighted by molar-refractivity contribution is -0.144. The zero-order valence-electron chi connectivity index (χ0n) is 8.91. The van der Waals surface area contributed by atoms with Crippen LogP contribution in [0.4, 0.5) is 0 Å². The molecule has 2 unspecified atom stereocenters. The molecule has 1 fully saturated rings. The number of ether oxygens (including phenoxy) is 1. The molecular formula is C10H19NO2S. The van der Waals surface area contributed by atoms with Crippen molar-refractivity contribution >= 4 is 17.7 Å². The molecule has 0 saturated carbocycles. The van der Waals surface area contributed by atoms with Gasteiger partial charge in [-0.25, -0.2) is 0 Å². The molecule has 0 aliphatic carbocycles. The standard InChI is InChI=1S/C10H19NO2S/c1-8(10(12)13-2)6-11-9-4-3-5-14-7-9/h8-9,11H,3-7H2,1-2H3. The smallest absolute Gasteiger partial charge is 0.309 e. The highest BCUT2D eigenvalue weighted by Crippen LogP contribution is 2.16. The quantitative estimate of drug-likeness (QED) is 0.720. The van der Waals surface area contributed by atoms with Crippen molar-refractivity contribution in [2.45, 2.75) is 25.8 Å². The van der Waals surface area contributed by atoms with Crippen LogP contribution in [0.1, 0.15) is 19.8 Å². The van der Waals surface area contributed by atoms with Gasteiger partial charge in [0, 0.05) is 18.3 Å². The van der Waals surface area contributed by atoms with Crippen molar-refractivity contribution in [1.29, 1.82) is 0 Å². The van der Waals surface area contributed by atoms with Gasteiger partial charge in [0.25, 0.3) is 0 Å². The van der Waals surface area contributed by atoms with Crippen LogP contribution in [0.15, 0.2) is 0 Å². The maximum atomic E-state index is 11.1. The first kappa shape index (κ1) is 11.9. The Morgan fingerprint density at radius 1 is 1.71 bits per heavy atom. The second-order valence-corrected chi connectivity index (χ2v) is 4.90. The van der Waals surface area contributed by atoms with Gasteiger partial charge in [-0.05, 0) is 18.6 Å². The maximum absolute atomic E-state index is 11.1. The van der Waals surface area contributed by atoms with Crippen molar-refractivity contribution in [1.82, 2.24) is 5.32 Å². The minimum atomic E-state index is -0.124. The van der Waals surface area contributed by atoms with Crippen LogP contribution in [-0.2, 0) is 9.53 Å². The van der Waals surface area contributed by atoms with Crippen LogP contribution in [0.25, 0.3) is 0 Å². The van der Waals surface area contributed by atoms with E-state index in [4.69, 9.17) is 0 Å². The van der Waals surface area contributed by atoms with E-state index < -0.39 is 0 Å². The van der Waals surface area contributed by atoms with Crippen molar-refractivity contribution in [3.63, 3.8) is 0 Å². The van der Waals surface area contributed by atoms with Crippen LogP contribution in [0.3, 0.4) is 0 Å². The molecule has 4 heteroatoms. The molecule has 1 saturated heterocycles. The fourth-order valence-corrected chi connectivity index (χ4v) is 2.64. The molecule has 0 aromatic carbocycles. The van der Waals surface area contributed by atoms with E-state index in [1.807, 2.05) is 18.7 Å². The molecule has 0 radical (unpaired) electrons. The normalized spacial score (nSPS) is 24.3. The zero-order chi connectivity index (χ0) is 10.4. The molecule has 3 nitrogen and oxygen atoms in total. The van der Waals surface area contributed by atoms with Gasteiger partial charge in [0.15, 0.2) is 0 Å². The Kier molecular flexibility index (Phi) is 5.33. The Morgan fingerprint density at radius 3 is 3.07 bits per heavy atom. The molecule has 1 heterocycles. The molecule has 1 rings (SSSR count). The predicted octanol–water partition coefficient (Wildman–Crippen LogP) is 1.28. The first-order chi connectivity index (χ1) is 6.74. The third-order valence-electron chi connectivity index (χ3n) is 2.48. The summed E-state index contributed by atoms with van der Waals surface area (Å²) in [5.41, 5.74) is 0. The van der Waals surface area contributed by atoms with E-state index in [-0.39, 0.29) is 11.9 Å². The molecule has 0 bridgehead atoms. The molecule has 1 aliphatic rings. The number of hydrogen-bond donors (Lipinski definition) is 1. The highest BCUT2D eigenvalue weighted by atomic mass is 32.2. The van der Waals surface area contributed by atoms with Crippen molar-refractivity contribution < 1.29 is 9.53 Å². The van der Waals surface area contributed by atoms with Crippen LogP contribution in [-0.4, -0.2) is 37.2 Å². The summed E-state index contributed by atoms with van der Waals surface area (Å²) in [6.45, 7) is 2.63. The highest BCUT2D eigenvalue weighted by Gasteiger charge is 2.17.